The summed E-state index contributed by atoms with van der Waals surface area (Å²) in [6.07, 6.45) is 3.50. The van der Waals surface area contributed by atoms with Crippen LogP contribution in [-0.2, 0) is 4.79 Å². The van der Waals surface area contributed by atoms with Gasteiger partial charge in [0.1, 0.15) is 0 Å². The third-order valence-corrected chi connectivity index (χ3v) is 2.90. The quantitative estimate of drug-likeness (QED) is 0.697. The number of likely N-dealkylation sites (tertiary alicyclic amines) is 1. The molecule has 2 N–H and O–H groups in total. The minimum atomic E-state index is -0.772. The van der Waals surface area contributed by atoms with Gasteiger partial charge in [0.2, 0.25) is 0 Å². The SMILES string of the molecule is CC(CCCNC(=O)N1CCCC1)C(=O)O. The normalized spacial score (nSPS) is 17.2. The van der Waals surface area contributed by atoms with E-state index in [4.69, 9.17) is 5.11 Å². The number of urea groups is 1. The zero-order chi connectivity index (χ0) is 12.0. The molecular formula is C11H20N2O3. The molecule has 0 aromatic heterocycles. The molecule has 1 aliphatic heterocycles. The highest BCUT2D eigenvalue weighted by Gasteiger charge is 2.17. The number of amides is 2. The Morgan fingerprint density at radius 2 is 2.00 bits per heavy atom. The van der Waals surface area contributed by atoms with E-state index in [1.807, 2.05) is 0 Å². The fraction of sp³-hybridized carbons (Fsp3) is 0.818. The first-order chi connectivity index (χ1) is 7.61. The summed E-state index contributed by atoms with van der Waals surface area (Å²) in [5.41, 5.74) is 0. The second-order valence-corrected chi connectivity index (χ2v) is 4.31. The van der Waals surface area contributed by atoms with Gasteiger partial charge in [0.15, 0.2) is 0 Å². The summed E-state index contributed by atoms with van der Waals surface area (Å²) < 4.78 is 0. The van der Waals surface area contributed by atoms with E-state index in [1.165, 1.54) is 0 Å². The van der Waals surface area contributed by atoms with Gasteiger partial charge in [-0.3, -0.25) is 4.79 Å². The molecule has 1 aliphatic rings. The molecule has 16 heavy (non-hydrogen) atoms. The van der Waals surface area contributed by atoms with Crippen molar-refractivity contribution in [1.29, 1.82) is 0 Å². The summed E-state index contributed by atoms with van der Waals surface area (Å²) in [5.74, 6) is -1.10. The number of nitrogens with one attached hydrogen (secondary N) is 1. The summed E-state index contributed by atoms with van der Waals surface area (Å²) >= 11 is 0. The van der Waals surface area contributed by atoms with E-state index in [2.05, 4.69) is 5.32 Å². The average molecular weight is 228 g/mol. The van der Waals surface area contributed by atoms with Crippen molar-refractivity contribution in [3.05, 3.63) is 0 Å². The lowest BCUT2D eigenvalue weighted by Gasteiger charge is -2.16. The maximum absolute atomic E-state index is 11.5. The van der Waals surface area contributed by atoms with Crippen LogP contribution in [0, 0.1) is 5.92 Å². The largest absolute Gasteiger partial charge is 0.481 e. The third-order valence-electron chi connectivity index (χ3n) is 2.90. The molecule has 1 rings (SSSR count). The van der Waals surface area contributed by atoms with Crippen LogP contribution in [0.1, 0.15) is 32.6 Å². The van der Waals surface area contributed by atoms with Gasteiger partial charge in [-0.2, -0.15) is 0 Å². The van der Waals surface area contributed by atoms with Gasteiger partial charge in [-0.1, -0.05) is 6.92 Å². The Kier molecular flexibility index (Phi) is 5.08. The molecule has 92 valence electrons. The van der Waals surface area contributed by atoms with Crippen molar-refractivity contribution >= 4 is 12.0 Å². The molecule has 1 fully saturated rings. The van der Waals surface area contributed by atoms with E-state index >= 15 is 0 Å². The minimum Gasteiger partial charge on any atom is -0.481 e. The van der Waals surface area contributed by atoms with Crippen LogP contribution in [0.4, 0.5) is 4.79 Å². The van der Waals surface area contributed by atoms with E-state index in [0.29, 0.717) is 19.4 Å². The van der Waals surface area contributed by atoms with Gasteiger partial charge in [-0.15, -0.1) is 0 Å². The summed E-state index contributed by atoms with van der Waals surface area (Å²) in [6.45, 7) is 3.94. The Balaban J connectivity index is 2.06. The standard InChI is InChI=1S/C11H20N2O3/c1-9(10(14)15)5-4-6-12-11(16)13-7-2-3-8-13/h9H,2-8H2,1H3,(H,12,16)(H,14,15). The van der Waals surface area contributed by atoms with Crippen LogP contribution in [0.3, 0.4) is 0 Å². The first-order valence-corrected chi connectivity index (χ1v) is 5.87. The van der Waals surface area contributed by atoms with Crippen molar-refractivity contribution in [3.63, 3.8) is 0 Å². The Bertz CT molecular complexity index is 250. The molecule has 1 atom stereocenters. The van der Waals surface area contributed by atoms with E-state index in [9.17, 15) is 9.59 Å². The van der Waals surface area contributed by atoms with Gasteiger partial charge >= 0.3 is 12.0 Å². The number of hydrogen-bond donors (Lipinski definition) is 2. The van der Waals surface area contributed by atoms with Crippen LogP contribution in [0.25, 0.3) is 0 Å². The first-order valence-electron chi connectivity index (χ1n) is 5.87. The average Bonchev–Trinajstić information content (AvgIpc) is 2.76. The molecule has 1 unspecified atom stereocenters. The lowest BCUT2D eigenvalue weighted by atomic mass is 10.1. The monoisotopic (exact) mass is 228 g/mol. The van der Waals surface area contributed by atoms with Crippen molar-refractivity contribution in [2.45, 2.75) is 32.6 Å². The number of carbonyl (C=O) groups excluding carboxylic acids is 1. The van der Waals surface area contributed by atoms with Crippen LogP contribution in [0.2, 0.25) is 0 Å². The predicted molar refractivity (Wildman–Crippen MR) is 60.2 cm³/mol. The number of aliphatic carboxylic acids is 1. The number of rotatable bonds is 5. The van der Waals surface area contributed by atoms with Crippen LogP contribution in [0.15, 0.2) is 0 Å². The molecule has 0 aliphatic carbocycles. The molecule has 0 aromatic rings. The minimum absolute atomic E-state index is 0.0134. The molecule has 0 spiro atoms. The van der Waals surface area contributed by atoms with Gasteiger partial charge in [-0.05, 0) is 25.7 Å². The second kappa shape index (κ2) is 6.35. The van der Waals surface area contributed by atoms with E-state index in [-0.39, 0.29) is 11.9 Å². The highest BCUT2D eigenvalue weighted by Crippen LogP contribution is 2.07. The molecule has 0 bridgehead atoms. The van der Waals surface area contributed by atoms with Crippen LogP contribution in [-0.4, -0.2) is 41.6 Å². The van der Waals surface area contributed by atoms with Gasteiger partial charge in [0, 0.05) is 19.6 Å². The second-order valence-electron chi connectivity index (χ2n) is 4.31. The summed E-state index contributed by atoms with van der Waals surface area (Å²) in [5, 5.41) is 11.5. The molecule has 2 amide bonds. The molecule has 0 saturated carbocycles. The van der Waals surface area contributed by atoms with E-state index < -0.39 is 5.97 Å². The van der Waals surface area contributed by atoms with Gasteiger partial charge < -0.3 is 15.3 Å². The highest BCUT2D eigenvalue weighted by atomic mass is 16.4. The number of carbonyl (C=O) groups is 2. The van der Waals surface area contributed by atoms with Crippen molar-refractivity contribution in [2.24, 2.45) is 5.92 Å². The zero-order valence-electron chi connectivity index (χ0n) is 9.74. The fourth-order valence-corrected chi connectivity index (χ4v) is 1.76. The summed E-state index contributed by atoms with van der Waals surface area (Å²) in [4.78, 5) is 23.9. The van der Waals surface area contributed by atoms with Crippen molar-refractivity contribution in [2.75, 3.05) is 19.6 Å². The third kappa shape index (κ3) is 4.08. The Morgan fingerprint density at radius 1 is 1.38 bits per heavy atom. The van der Waals surface area contributed by atoms with Gasteiger partial charge in [0.05, 0.1) is 5.92 Å². The maximum Gasteiger partial charge on any atom is 0.317 e. The van der Waals surface area contributed by atoms with Crippen molar-refractivity contribution < 1.29 is 14.7 Å². The Morgan fingerprint density at radius 3 is 2.56 bits per heavy atom. The highest BCUT2D eigenvalue weighted by molar-refractivity contribution is 5.74. The lowest BCUT2D eigenvalue weighted by Crippen LogP contribution is -2.38. The summed E-state index contributed by atoms with van der Waals surface area (Å²) in [7, 11) is 0. The Hall–Kier alpha value is -1.26. The Labute approximate surface area is 95.8 Å². The number of carboxylic acids is 1. The van der Waals surface area contributed by atoms with Gasteiger partial charge in [-0.25, -0.2) is 4.79 Å². The number of nitrogens with zero attached hydrogens (tertiary/aromatic N) is 1. The topological polar surface area (TPSA) is 69.6 Å². The number of hydrogen-bond acceptors (Lipinski definition) is 2. The van der Waals surface area contributed by atoms with E-state index in [1.54, 1.807) is 11.8 Å². The molecule has 5 nitrogen and oxygen atoms in total. The van der Waals surface area contributed by atoms with Crippen molar-refractivity contribution in [1.82, 2.24) is 10.2 Å². The van der Waals surface area contributed by atoms with E-state index in [0.717, 1.165) is 25.9 Å². The van der Waals surface area contributed by atoms with Crippen LogP contribution < -0.4 is 5.32 Å². The predicted octanol–water partition coefficient (Wildman–Crippen LogP) is 1.29. The summed E-state index contributed by atoms with van der Waals surface area (Å²) in [6, 6.07) is -0.0134. The smallest absolute Gasteiger partial charge is 0.317 e. The van der Waals surface area contributed by atoms with Crippen LogP contribution >= 0.6 is 0 Å². The molecular weight excluding hydrogens is 208 g/mol. The first kappa shape index (κ1) is 12.8. The van der Waals surface area contributed by atoms with Crippen LogP contribution in [0.5, 0.6) is 0 Å². The zero-order valence-corrected chi connectivity index (χ0v) is 9.74. The molecule has 1 heterocycles. The molecule has 5 heteroatoms. The molecule has 0 aromatic carbocycles. The fourth-order valence-electron chi connectivity index (χ4n) is 1.76. The lowest BCUT2D eigenvalue weighted by molar-refractivity contribution is -0.141. The molecule has 1 saturated heterocycles. The molecule has 0 radical (unpaired) electrons. The number of carboxylic acid groups (broad SMARTS) is 1. The maximum atomic E-state index is 11.5. The van der Waals surface area contributed by atoms with Gasteiger partial charge in [0.25, 0.3) is 0 Å². The van der Waals surface area contributed by atoms with Crippen molar-refractivity contribution in [3.8, 4) is 0 Å².